The van der Waals surface area contributed by atoms with Gasteiger partial charge in [0.05, 0.1) is 0 Å². The van der Waals surface area contributed by atoms with Gasteiger partial charge in [0.2, 0.25) is 0 Å². The summed E-state index contributed by atoms with van der Waals surface area (Å²) in [5.74, 6) is 0. The number of nitrogens with zero attached hydrogens (tertiary/aromatic N) is 4. The predicted molar refractivity (Wildman–Crippen MR) is 59.4 cm³/mol. The first kappa shape index (κ1) is 9.33. The van der Waals surface area contributed by atoms with Gasteiger partial charge in [0.25, 0.3) is 0 Å². The molecule has 0 aliphatic heterocycles. The highest BCUT2D eigenvalue weighted by atomic mass is 15.4. The molecule has 0 saturated heterocycles. The summed E-state index contributed by atoms with van der Waals surface area (Å²) in [5.41, 5.74) is 1.15. The maximum atomic E-state index is 4.06. The van der Waals surface area contributed by atoms with Gasteiger partial charge in [-0.25, -0.2) is 4.68 Å². The van der Waals surface area contributed by atoms with Gasteiger partial charge in [-0.05, 0) is 11.6 Å². The Bertz CT molecular complexity index is 443. The quantitative estimate of drug-likeness (QED) is 0.706. The van der Waals surface area contributed by atoms with Gasteiger partial charge in [0, 0.05) is 6.21 Å². The Balaban J connectivity index is 1.96. The van der Waals surface area contributed by atoms with Gasteiger partial charge < -0.3 is 0 Å². The van der Waals surface area contributed by atoms with Crippen LogP contribution in [0.5, 0.6) is 0 Å². The van der Waals surface area contributed by atoms with E-state index in [4.69, 9.17) is 0 Å². The first-order valence-corrected chi connectivity index (χ1v) is 4.56. The molecule has 1 heterocycles. The number of rotatable bonds is 3. The first-order chi connectivity index (χ1) is 7.45. The fourth-order valence-corrected chi connectivity index (χ4v) is 1.09. The van der Waals surface area contributed by atoms with Crippen LogP contribution in [0.3, 0.4) is 0 Å². The molecule has 0 unspecified atom stereocenters. The van der Waals surface area contributed by atoms with Crippen molar-refractivity contribution in [3.8, 4) is 0 Å². The van der Waals surface area contributed by atoms with Crippen molar-refractivity contribution in [2.45, 2.75) is 0 Å². The first-order valence-electron chi connectivity index (χ1n) is 4.56. The van der Waals surface area contributed by atoms with Crippen LogP contribution in [0.1, 0.15) is 5.56 Å². The SMILES string of the molecule is C(/C=C/c1ccccc1)=N/n1cnnc1. The molecule has 0 radical (unpaired) electrons. The number of hydrogen-bond acceptors (Lipinski definition) is 3. The number of benzene rings is 1. The smallest absolute Gasteiger partial charge is 0.141 e. The van der Waals surface area contributed by atoms with E-state index in [-0.39, 0.29) is 0 Å². The van der Waals surface area contributed by atoms with Crippen LogP contribution in [0.4, 0.5) is 0 Å². The van der Waals surface area contributed by atoms with Crippen molar-refractivity contribution in [3.05, 3.63) is 54.6 Å². The Morgan fingerprint density at radius 2 is 1.80 bits per heavy atom. The number of aromatic nitrogens is 3. The number of allylic oxidation sites excluding steroid dienone is 1. The highest BCUT2D eigenvalue weighted by Gasteiger charge is 1.81. The predicted octanol–water partition coefficient (Wildman–Crippen LogP) is 1.83. The molecule has 0 amide bonds. The molecule has 0 spiro atoms. The molecule has 15 heavy (non-hydrogen) atoms. The second-order valence-corrected chi connectivity index (χ2v) is 2.88. The van der Waals surface area contributed by atoms with Gasteiger partial charge in [-0.15, -0.1) is 10.2 Å². The molecular formula is C11H10N4. The standard InChI is InChI=1S/C11H10N4/c1-2-5-11(6-3-1)7-4-8-14-15-9-12-13-10-15/h1-10H/b7-4+,14-8-. The van der Waals surface area contributed by atoms with Crippen molar-refractivity contribution < 1.29 is 0 Å². The Kier molecular flexibility index (Phi) is 3.02. The third-order valence-electron chi connectivity index (χ3n) is 1.78. The maximum absolute atomic E-state index is 4.06. The summed E-state index contributed by atoms with van der Waals surface area (Å²) in [6.07, 6.45) is 8.61. The zero-order valence-electron chi connectivity index (χ0n) is 8.06. The maximum Gasteiger partial charge on any atom is 0.141 e. The van der Waals surface area contributed by atoms with E-state index in [1.165, 1.54) is 17.3 Å². The van der Waals surface area contributed by atoms with E-state index < -0.39 is 0 Å². The summed E-state index contributed by atoms with van der Waals surface area (Å²) in [6.45, 7) is 0. The fraction of sp³-hybridized carbons (Fsp3) is 0. The van der Waals surface area contributed by atoms with Crippen molar-refractivity contribution in [1.82, 2.24) is 14.9 Å². The van der Waals surface area contributed by atoms with Gasteiger partial charge in [-0.1, -0.05) is 36.4 Å². The lowest BCUT2D eigenvalue weighted by atomic mass is 10.2. The molecule has 2 aromatic rings. The molecule has 0 saturated carbocycles. The molecule has 1 aromatic heterocycles. The molecule has 0 aliphatic carbocycles. The minimum atomic E-state index is 1.15. The normalized spacial score (nSPS) is 11.5. The van der Waals surface area contributed by atoms with E-state index in [1.54, 1.807) is 6.21 Å². The van der Waals surface area contributed by atoms with Crippen molar-refractivity contribution in [2.75, 3.05) is 0 Å². The third-order valence-corrected chi connectivity index (χ3v) is 1.78. The molecular weight excluding hydrogens is 188 g/mol. The number of hydrogen-bond donors (Lipinski definition) is 0. The molecule has 0 bridgehead atoms. The largest absolute Gasteiger partial charge is 0.208 e. The van der Waals surface area contributed by atoms with Crippen LogP contribution in [0, 0.1) is 0 Å². The summed E-state index contributed by atoms with van der Waals surface area (Å²) in [5, 5.41) is 11.3. The topological polar surface area (TPSA) is 43.1 Å². The van der Waals surface area contributed by atoms with Crippen LogP contribution in [-0.4, -0.2) is 21.1 Å². The Morgan fingerprint density at radius 3 is 2.53 bits per heavy atom. The van der Waals surface area contributed by atoms with Crippen LogP contribution in [0.15, 0.2) is 54.2 Å². The average Bonchev–Trinajstić information content (AvgIpc) is 2.79. The van der Waals surface area contributed by atoms with Crippen LogP contribution < -0.4 is 0 Å². The summed E-state index contributed by atoms with van der Waals surface area (Å²) >= 11 is 0. The molecule has 4 nitrogen and oxygen atoms in total. The zero-order chi connectivity index (χ0) is 10.3. The van der Waals surface area contributed by atoms with E-state index in [2.05, 4.69) is 15.3 Å². The zero-order valence-corrected chi connectivity index (χ0v) is 8.06. The van der Waals surface area contributed by atoms with E-state index in [9.17, 15) is 0 Å². The van der Waals surface area contributed by atoms with Crippen LogP contribution in [0.25, 0.3) is 6.08 Å². The van der Waals surface area contributed by atoms with Gasteiger partial charge in [0.15, 0.2) is 0 Å². The molecule has 0 atom stereocenters. The fourth-order valence-electron chi connectivity index (χ4n) is 1.09. The summed E-state index contributed by atoms with van der Waals surface area (Å²) in [4.78, 5) is 0. The molecule has 4 heteroatoms. The molecule has 0 fully saturated rings. The molecule has 0 aliphatic rings. The third kappa shape index (κ3) is 2.87. The molecule has 1 aromatic carbocycles. The Morgan fingerprint density at radius 1 is 1.07 bits per heavy atom. The Labute approximate surface area is 87.6 Å². The van der Waals surface area contributed by atoms with E-state index in [1.807, 2.05) is 42.5 Å². The summed E-state index contributed by atoms with van der Waals surface area (Å²) in [6, 6.07) is 10.0. The average molecular weight is 198 g/mol. The lowest BCUT2D eigenvalue weighted by molar-refractivity contribution is 0.879. The van der Waals surface area contributed by atoms with E-state index >= 15 is 0 Å². The van der Waals surface area contributed by atoms with Gasteiger partial charge >= 0.3 is 0 Å². The van der Waals surface area contributed by atoms with Gasteiger partial charge in [-0.3, -0.25) is 0 Å². The van der Waals surface area contributed by atoms with Crippen LogP contribution in [-0.2, 0) is 0 Å². The van der Waals surface area contributed by atoms with Crippen LogP contribution in [0.2, 0.25) is 0 Å². The Hall–Kier alpha value is -2.23. The van der Waals surface area contributed by atoms with Gasteiger partial charge in [-0.2, -0.15) is 5.10 Å². The van der Waals surface area contributed by atoms with Crippen molar-refractivity contribution in [2.24, 2.45) is 5.10 Å². The van der Waals surface area contributed by atoms with Crippen molar-refractivity contribution in [1.29, 1.82) is 0 Å². The second-order valence-electron chi connectivity index (χ2n) is 2.88. The van der Waals surface area contributed by atoms with E-state index in [0.717, 1.165) is 5.56 Å². The van der Waals surface area contributed by atoms with Gasteiger partial charge in [0.1, 0.15) is 12.7 Å². The minimum absolute atomic E-state index is 1.15. The van der Waals surface area contributed by atoms with Crippen molar-refractivity contribution in [3.63, 3.8) is 0 Å². The van der Waals surface area contributed by atoms with Crippen LogP contribution >= 0.6 is 0 Å². The monoisotopic (exact) mass is 198 g/mol. The molecule has 74 valence electrons. The van der Waals surface area contributed by atoms with E-state index in [0.29, 0.717) is 0 Å². The second kappa shape index (κ2) is 4.85. The highest BCUT2D eigenvalue weighted by Crippen LogP contribution is 1.99. The molecule has 2 rings (SSSR count). The highest BCUT2D eigenvalue weighted by molar-refractivity contribution is 5.78. The summed E-state index contributed by atoms with van der Waals surface area (Å²) in [7, 11) is 0. The lowest BCUT2D eigenvalue weighted by Gasteiger charge is -1.88. The minimum Gasteiger partial charge on any atom is -0.208 e. The summed E-state index contributed by atoms with van der Waals surface area (Å²) < 4.78 is 1.54. The lowest BCUT2D eigenvalue weighted by Crippen LogP contribution is -1.81. The molecule has 0 N–H and O–H groups in total. The van der Waals surface area contributed by atoms with Crippen molar-refractivity contribution >= 4 is 12.3 Å².